The zero-order valence-corrected chi connectivity index (χ0v) is 15.8. The Labute approximate surface area is 159 Å². The van der Waals surface area contributed by atoms with Crippen LogP contribution in [-0.2, 0) is 0 Å². The van der Waals surface area contributed by atoms with E-state index in [2.05, 4.69) is 46.3 Å². The molecule has 0 radical (unpaired) electrons. The average molecular weight is 363 g/mol. The molecule has 2 N–H and O–H groups in total. The number of anilines is 2. The van der Waals surface area contributed by atoms with Crippen LogP contribution in [0.3, 0.4) is 0 Å². The molecule has 0 unspecified atom stereocenters. The highest BCUT2D eigenvalue weighted by Gasteiger charge is 2.23. The van der Waals surface area contributed by atoms with E-state index in [1.165, 1.54) is 0 Å². The first kappa shape index (κ1) is 17.7. The number of nitrogens with one attached hydrogen (secondary N) is 1. The fraction of sp³-hybridized carbons (Fsp3) is 0.333. The predicted molar refractivity (Wildman–Crippen MR) is 108 cm³/mol. The molecule has 4 rings (SSSR count). The summed E-state index contributed by atoms with van der Waals surface area (Å²) in [5, 5.41) is 19.1. The summed E-state index contributed by atoms with van der Waals surface area (Å²) in [7, 11) is 0. The molecule has 1 saturated heterocycles. The number of nitrogens with zero attached hydrogens (tertiary/aromatic N) is 4. The third-order valence-electron chi connectivity index (χ3n) is 4.90. The lowest BCUT2D eigenvalue weighted by atomic mass is 9.99. The fourth-order valence-corrected chi connectivity index (χ4v) is 3.60. The first-order chi connectivity index (χ1) is 13.1. The van der Waals surface area contributed by atoms with E-state index in [-0.39, 0.29) is 11.7 Å². The summed E-state index contributed by atoms with van der Waals surface area (Å²) in [5.41, 5.74) is 2.71. The molecule has 27 heavy (non-hydrogen) atoms. The minimum atomic E-state index is 0.167. The number of aromatic nitrogens is 2. The highest BCUT2D eigenvalue weighted by atomic mass is 16.3. The molecule has 1 aliphatic heterocycles. The molecule has 3 aromatic rings. The number of phenols is 1. The number of hydrazine groups is 1. The molecule has 140 valence electrons. The summed E-state index contributed by atoms with van der Waals surface area (Å²) in [6.45, 7) is 7.76. The zero-order chi connectivity index (χ0) is 18.8. The van der Waals surface area contributed by atoms with E-state index in [1.807, 2.05) is 30.5 Å². The quantitative estimate of drug-likeness (QED) is 0.741. The van der Waals surface area contributed by atoms with Gasteiger partial charge in [-0.2, -0.15) is 0 Å². The Bertz CT molecular complexity index is 923. The minimum absolute atomic E-state index is 0.167. The number of phenolic OH excluding ortho intramolecular Hbond substituents is 1. The number of para-hydroxylation sites is 1. The molecular formula is C21H25N5O. The van der Waals surface area contributed by atoms with E-state index in [9.17, 15) is 5.11 Å². The van der Waals surface area contributed by atoms with E-state index in [1.54, 1.807) is 6.07 Å². The number of benzene rings is 2. The first-order valence-electron chi connectivity index (χ1n) is 9.44. The van der Waals surface area contributed by atoms with Gasteiger partial charge in [-0.1, -0.05) is 32.0 Å². The standard InChI is InChI=1S/C21H25N5O/c1-15(2)19-18(27)9-8-16-14-23-21(24-20(16)19)26(17-6-4-3-5-7-17)25-12-10-22-11-13-25/h3-9,14-15,22,27H,10-13H2,1-2H3. The Hall–Kier alpha value is -2.70. The van der Waals surface area contributed by atoms with Crippen LogP contribution in [0, 0.1) is 0 Å². The van der Waals surface area contributed by atoms with Crippen molar-refractivity contribution in [2.45, 2.75) is 19.8 Å². The van der Waals surface area contributed by atoms with Crippen LogP contribution in [0.5, 0.6) is 5.75 Å². The molecule has 2 heterocycles. The van der Waals surface area contributed by atoms with Gasteiger partial charge in [0.15, 0.2) is 0 Å². The normalized spacial score (nSPS) is 15.4. The van der Waals surface area contributed by atoms with Crippen LogP contribution in [0.2, 0.25) is 0 Å². The van der Waals surface area contributed by atoms with Gasteiger partial charge in [-0.25, -0.2) is 20.0 Å². The summed E-state index contributed by atoms with van der Waals surface area (Å²) in [5.74, 6) is 1.08. The van der Waals surface area contributed by atoms with Crippen LogP contribution in [0.1, 0.15) is 25.3 Å². The monoisotopic (exact) mass is 363 g/mol. The molecule has 1 aromatic heterocycles. The Morgan fingerprint density at radius 3 is 2.52 bits per heavy atom. The second-order valence-corrected chi connectivity index (χ2v) is 7.11. The average Bonchev–Trinajstić information content (AvgIpc) is 2.69. The van der Waals surface area contributed by atoms with Crippen LogP contribution >= 0.6 is 0 Å². The van der Waals surface area contributed by atoms with Gasteiger partial charge in [0.1, 0.15) is 5.75 Å². The van der Waals surface area contributed by atoms with Crippen molar-refractivity contribution in [3.8, 4) is 5.75 Å². The van der Waals surface area contributed by atoms with E-state index >= 15 is 0 Å². The number of hydrogen-bond donors (Lipinski definition) is 2. The Balaban J connectivity index is 1.86. The molecule has 0 spiro atoms. The van der Waals surface area contributed by atoms with Gasteiger partial charge in [0.25, 0.3) is 0 Å². The van der Waals surface area contributed by atoms with Gasteiger partial charge in [0.2, 0.25) is 5.95 Å². The molecule has 0 atom stereocenters. The molecule has 6 heteroatoms. The summed E-state index contributed by atoms with van der Waals surface area (Å²) in [6, 6.07) is 13.8. The van der Waals surface area contributed by atoms with Crippen molar-refractivity contribution in [1.29, 1.82) is 0 Å². The summed E-state index contributed by atoms with van der Waals surface area (Å²) in [6.07, 6.45) is 1.85. The second-order valence-electron chi connectivity index (χ2n) is 7.11. The molecule has 6 nitrogen and oxygen atoms in total. The fourth-order valence-electron chi connectivity index (χ4n) is 3.60. The van der Waals surface area contributed by atoms with Crippen molar-refractivity contribution in [3.05, 3.63) is 54.2 Å². The van der Waals surface area contributed by atoms with Crippen molar-refractivity contribution in [1.82, 2.24) is 20.3 Å². The molecule has 0 saturated carbocycles. The van der Waals surface area contributed by atoms with E-state index in [4.69, 9.17) is 4.98 Å². The van der Waals surface area contributed by atoms with Crippen molar-refractivity contribution in [3.63, 3.8) is 0 Å². The van der Waals surface area contributed by atoms with Crippen LogP contribution in [0.15, 0.2) is 48.7 Å². The smallest absolute Gasteiger partial charge is 0.245 e. The van der Waals surface area contributed by atoms with Crippen molar-refractivity contribution in [2.24, 2.45) is 0 Å². The van der Waals surface area contributed by atoms with Crippen LogP contribution in [0.4, 0.5) is 11.6 Å². The lowest BCUT2D eigenvalue weighted by Gasteiger charge is -2.37. The van der Waals surface area contributed by atoms with E-state index in [0.29, 0.717) is 5.95 Å². The maximum absolute atomic E-state index is 10.4. The Morgan fingerprint density at radius 1 is 1.07 bits per heavy atom. The third kappa shape index (κ3) is 3.46. The molecule has 0 bridgehead atoms. The van der Waals surface area contributed by atoms with E-state index < -0.39 is 0 Å². The molecule has 0 aliphatic carbocycles. The number of aromatic hydroxyl groups is 1. The maximum atomic E-state index is 10.4. The highest BCUT2D eigenvalue weighted by Crippen LogP contribution is 2.34. The van der Waals surface area contributed by atoms with Gasteiger partial charge in [-0.15, -0.1) is 0 Å². The summed E-state index contributed by atoms with van der Waals surface area (Å²) >= 11 is 0. The van der Waals surface area contributed by atoms with Gasteiger partial charge >= 0.3 is 0 Å². The van der Waals surface area contributed by atoms with Crippen LogP contribution in [-0.4, -0.2) is 46.3 Å². The second kappa shape index (κ2) is 7.50. The summed E-state index contributed by atoms with van der Waals surface area (Å²) in [4.78, 5) is 9.56. The molecule has 1 fully saturated rings. The highest BCUT2D eigenvalue weighted by molar-refractivity contribution is 5.85. The van der Waals surface area contributed by atoms with Crippen LogP contribution < -0.4 is 10.3 Å². The number of piperazine rings is 1. The van der Waals surface area contributed by atoms with Gasteiger partial charge in [-0.05, 0) is 30.2 Å². The predicted octanol–water partition coefficient (Wildman–Crippen LogP) is 3.42. The maximum Gasteiger partial charge on any atom is 0.245 e. The Morgan fingerprint density at radius 2 is 1.81 bits per heavy atom. The molecule has 1 aliphatic rings. The van der Waals surface area contributed by atoms with Gasteiger partial charge < -0.3 is 10.4 Å². The van der Waals surface area contributed by atoms with Crippen molar-refractivity contribution < 1.29 is 5.11 Å². The SMILES string of the molecule is CC(C)c1c(O)ccc2cnc(N(c3ccccc3)N3CCNCC3)nc12. The topological polar surface area (TPSA) is 64.5 Å². The van der Waals surface area contributed by atoms with Gasteiger partial charge in [0.05, 0.1) is 11.2 Å². The van der Waals surface area contributed by atoms with Gasteiger partial charge in [-0.3, -0.25) is 0 Å². The molecule has 0 amide bonds. The molecular weight excluding hydrogens is 338 g/mol. The van der Waals surface area contributed by atoms with Crippen molar-refractivity contribution in [2.75, 3.05) is 31.2 Å². The number of fused-ring (bicyclic) bond motifs is 1. The summed E-state index contributed by atoms with van der Waals surface area (Å²) < 4.78 is 0. The third-order valence-corrected chi connectivity index (χ3v) is 4.90. The zero-order valence-electron chi connectivity index (χ0n) is 15.8. The molecule has 2 aromatic carbocycles. The lowest BCUT2D eigenvalue weighted by molar-refractivity contribution is 0.240. The minimum Gasteiger partial charge on any atom is -0.508 e. The van der Waals surface area contributed by atoms with Crippen LogP contribution in [0.25, 0.3) is 10.9 Å². The number of rotatable bonds is 4. The number of hydrogen-bond acceptors (Lipinski definition) is 6. The first-order valence-corrected chi connectivity index (χ1v) is 9.44. The van der Waals surface area contributed by atoms with Gasteiger partial charge in [0, 0.05) is 43.3 Å². The van der Waals surface area contributed by atoms with Crippen molar-refractivity contribution >= 4 is 22.5 Å². The Kier molecular flexibility index (Phi) is 4.92. The van der Waals surface area contributed by atoms with E-state index in [0.717, 1.165) is 48.3 Å². The lowest BCUT2D eigenvalue weighted by Crippen LogP contribution is -2.51. The largest absolute Gasteiger partial charge is 0.508 e.